The molecule has 0 bridgehead atoms. The molecule has 0 spiro atoms. The molecule has 12 nitrogen and oxygen atoms in total. The van der Waals surface area contributed by atoms with Crippen molar-refractivity contribution >= 4 is 28.5 Å². The maximum atomic E-state index is 13.5. The summed E-state index contributed by atoms with van der Waals surface area (Å²) in [4.78, 5) is 38.4. The summed E-state index contributed by atoms with van der Waals surface area (Å²) in [5.41, 5.74) is -4.16. The number of carbonyl (C=O) groups excluding carboxylic acids is 2. The first-order valence-corrected chi connectivity index (χ1v) is 17.7. The smallest absolute Gasteiger partial charge is 0.411 e. The lowest BCUT2D eigenvalue weighted by atomic mass is 9.45. The Bertz CT molecular complexity index is 1730. The Morgan fingerprint density at radius 1 is 1.10 bits per heavy atom. The Labute approximate surface area is 291 Å². The van der Waals surface area contributed by atoms with Crippen molar-refractivity contribution in [3.05, 3.63) is 46.3 Å². The summed E-state index contributed by atoms with van der Waals surface area (Å²) in [6.07, 6.45) is 0.847. The van der Waals surface area contributed by atoms with Crippen LogP contribution in [0.4, 0.5) is 10.5 Å². The molecule has 3 saturated carbocycles. The number of anilines is 1. The van der Waals surface area contributed by atoms with E-state index in [0.717, 1.165) is 0 Å². The Hall–Kier alpha value is -3.29. The van der Waals surface area contributed by atoms with E-state index in [0.29, 0.717) is 54.4 Å². The molecule has 1 amide bonds. The molecule has 6 unspecified atom stereocenters. The third-order valence-corrected chi connectivity index (χ3v) is 13.1. The van der Waals surface area contributed by atoms with Gasteiger partial charge < -0.3 is 39.4 Å². The van der Waals surface area contributed by atoms with Crippen LogP contribution in [0.3, 0.4) is 0 Å². The van der Waals surface area contributed by atoms with Crippen molar-refractivity contribution in [2.24, 2.45) is 34.5 Å². The first-order valence-electron chi connectivity index (χ1n) is 17.7. The fourth-order valence-corrected chi connectivity index (χ4v) is 10.0. The zero-order chi connectivity index (χ0) is 36.4. The quantitative estimate of drug-likeness (QED) is 0.207. The summed E-state index contributed by atoms with van der Waals surface area (Å²) in [6, 6.07) is 6.47. The van der Waals surface area contributed by atoms with E-state index in [1.54, 1.807) is 31.2 Å². The van der Waals surface area contributed by atoms with Crippen molar-refractivity contribution in [2.75, 3.05) is 19.0 Å². The molecule has 2 aromatic rings. The summed E-state index contributed by atoms with van der Waals surface area (Å²) in [5.74, 6) is -0.830. The van der Waals surface area contributed by atoms with Gasteiger partial charge in [-0.1, -0.05) is 20.8 Å². The molecule has 1 heterocycles. The average Bonchev–Trinajstić information content (AvgIpc) is 3.35. The lowest BCUT2D eigenvalue weighted by Gasteiger charge is -2.60. The van der Waals surface area contributed by atoms with Crippen molar-refractivity contribution in [1.82, 2.24) is 0 Å². The van der Waals surface area contributed by atoms with Crippen LogP contribution in [0.1, 0.15) is 79.1 Å². The minimum absolute atomic E-state index is 0.00671. The Morgan fingerprint density at radius 2 is 1.84 bits per heavy atom. The van der Waals surface area contributed by atoms with Crippen LogP contribution in [0.5, 0.6) is 5.75 Å². The summed E-state index contributed by atoms with van der Waals surface area (Å²) in [6.45, 7) is 7.41. The average molecular weight is 698 g/mol. The molecule has 1 aromatic heterocycles. The van der Waals surface area contributed by atoms with E-state index in [1.165, 1.54) is 13.2 Å². The number of aliphatic hydroxyl groups is 5. The van der Waals surface area contributed by atoms with Gasteiger partial charge in [0, 0.05) is 22.8 Å². The summed E-state index contributed by atoms with van der Waals surface area (Å²) in [5, 5.41) is 59.7. The minimum Gasteiger partial charge on any atom is -0.497 e. The van der Waals surface area contributed by atoms with Gasteiger partial charge in [0.2, 0.25) is 0 Å². The predicted octanol–water partition coefficient (Wildman–Crippen LogP) is 4.08. The fourth-order valence-electron chi connectivity index (χ4n) is 10.0. The molecule has 11 atom stereocenters. The van der Waals surface area contributed by atoms with Gasteiger partial charge in [-0.05, 0) is 111 Å². The van der Waals surface area contributed by atoms with Gasteiger partial charge in [-0.25, -0.2) is 9.59 Å². The van der Waals surface area contributed by atoms with Gasteiger partial charge >= 0.3 is 11.7 Å². The monoisotopic (exact) mass is 697 g/mol. The van der Waals surface area contributed by atoms with Crippen molar-refractivity contribution in [2.45, 2.75) is 109 Å². The van der Waals surface area contributed by atoms with Gasteiger partial charge in [0.1, 0.15) is 17.0 Å². The van der Waals surface area contributed by atoms with Crippen LogP contribution in [0.2, 0.25) is 0 Å². The standard InChI is InChI=1S/C38H51NO11/c1-20(19-49-34(45)39-26-14-21-7-8-22(48-5)15-30(21)50-33(26)44)6-9-32(43)37(4,46)31-11-13-38(47)24-16-27(40)25-17-28(41)29(42)18-35(25,2)23(24)10-12-36(31,38)3/h7-8,14-16,20,23,25,28-29,31-32,41-43,46-47H,6,9-13,17-19H2,1-5H3,(H,39,45)/t20?,23?,25-,28+,29-,31?,32+,35?,36?,37?,38+/m0/s1. The number of ketones is 1. The predicted molar refractivity (Wildman–Crippen MR) is 183 cm³/mol. The van der Waals surface area contributed by atoms with E-state index in [4.69, 9.17) is 13.9 Å². The van der Waals surface area contributed by atoms with Crippen molar-refractivity contribution in [1.29, 1.82) is 0 Å². The fraction of sp³-hybridized carbons (Fsp3) is 0.658. The second-order valence-electron chi connectivity index (χ2n) is 16.1. The zero-order valence-electron chi connectivity index (χ0n) is 29.5. The van der Waals surface area contributed by atoms with Crippen molar-refractivity contribution < 1.29 is 49.0 Å². The molecular formula is C38H51NO11. The van der Waals surface area contributed by atoms with Crippen LogP contribution in [-0.4, -0.2) is 80.6 Å². The number of hydrogen-bond acceptors (Lipinski definition) is 11. The highest BCUT2D eigenvalue weighted by molar-refractivity contribution is 5.95. The number of fused-ring (bicyclic) bond motifs is 6. The van der Waals surface area contributed by atoms with Gasteiger partial charge in [-0.2, -0.15) is 0 Å². The Balaban J connectivity index is 1.07. The summed E-state index contributed by atoms with van der Waals surface area (Å²) in [7, 11) is 1.50. The largest absolute Gasteiger partial charge is 0.497 e. The highest BCUT2D eigenvalue weighted by atomic mass is 16.5. The van der Waals surface area contributed by atoms with Crippen LogP contribution in [0.15, 0.2) is 45.1 Å². The molecule has 274 valence electrons. The minimum atomic E-state index is -1.56. The van der Waals surface area contributed by atoms with E-state index in [9.17, 15) is 39.9 Å². The maximum absolute atomic E-state index is 13.5. The number of amides is 1. The molecule has 0 aliphatic heterocycles. The topological polar surface area (TPSA) is 196 Å². The molecule has 4 aliphatic rings. The van der Waals surface area contributed by atoms with E-state index in [-0.39, 0.29) is 49.2 Å². The van der Waals surface area contributed by atoms with Gasteiger partial charge in [-0.15, -0.1) is 0 Å². The molecule has 6 rings (SSSR count). The second-order valence-corrected chi connectivity index (χ2v) is 16.1. The molecule has 50 heavy (non-hydrogen) atoms. The van der Waals surface area contributed by atoms with Gasteiger partial charge in [-0.3, -0.25) is 10.1 Å². The number of methoxy groups -OCH3 is 1. The molecule has 3 fully saturated rings. The summed E-state index contributed by atoms with van der Waals surface area (Å²) < 4.78 is 15.8. The van der Waals surface area contributed by atoms with Crippen LogP contribution < -0.4 is 15.7 Å². The molecule has 12 heteroatoms. The van der Waals surface area contributed by atoms with Gasteiger partial charge in [0.05, 0.1) is 43.2 Å². The van der Waals surface area contributed by atoms with Gasteiger partial charge in [0.15, 0.2) is 5.78 Å². The molecule has 6 N–H and O–H groups in total. The Kier molecular flexibility index (Phi) is 9.52. The van der Waals surface area contributed by atoms with Crippen LogP contribution >= 0.6 is 0 Å². The SMILES string of the molecule is COc1ccc2cc(NC(=O)OCC(C)CC[C@@H](O)C(C)(O)C3CC[C@@]4(O)C5=CC(=O)[C@@H]6C[C@@H](O)[C@@H](O)CC6(C)C5CCC34C)c(=O)oc2c1. The van der Waals surface area contributed by atoms with Crippen molar-refractivity contribution in [3.63, 3.8) is 0 Å². The third-order valence-electron chi connectivity index (χ3n) is 13.1. The molecule has 4 aliphatic carbocycles. The second kappa shape index (κ2) is 13.0. The maximum Gasteiger partial charge on any atom is 0.411 e. The molecule has 0 radical (unpaired) electrons. The molecule has 0 saturated heterocycles. The zero-order valence-corrected chi connectivity index (χ0v) is 29.5. The molecular weight excluding hydrogens is 646 g/mol. The number of nitrogens with one attached hydrogen (secondary N) is 1. The highest BCUT2D eigenvalue weighted by Crippen LogP contribution is 2.68. The van der Waals surface area contributed by atoms with E-state index >= 15 is 0 Å². The normalized spacial score (nSPS) is 35.9. The van der Waals surface area contributed by atoms with Crippen LogP contribution in [0.25, 0.3) is 11.0 Å². The van der Waals surface area contributed by atoms with Crippen LogP contribution in [-0.2, 0) is 9.53 Å². The number of hydrogen-bond donors (Lipinski definition) is 6. The number of ether oxygens (including phenoxy) is 2. The Morgan fingerprint density at radius 3 is 2.56 bits per heavy atom. The molecule has 1 aromatic carbocycles. The number of allylic oxidation sites excluding steroid dienone is 1. The van der Waals surface area contributed by atoms with Crippen LogP contribution in [0, 0.1) is 34.5 Å². The van der Waals surface area contributed by atoms with E-state index in [1.807, 2.05) is 20.8 Å². The van der Waals surface area contributed by atoms with E-state index < -0.39 is 63.9 Å². The number of benzene rings is 1. The van der Waals surface area contributed by atoms with Crippen molar-refractivity contribution in [3.8, 4) is 5.75 Å². The third kappa shape index (κ3) is 5.96. The number of rotatable bonds is 9. The first-order chi connectivity index (χ1) is 23.4. The van der Waals surface area contributed by atoms with Gasteiger partial charge in [0.25, 0.3) is 0 Å². The lowest BCUT2D eigenvalue weighted by Crippen LogP contribution is -2.62. The summed E-state index contributed by atoms with van der Waals surface area (Å²) >= 11 is 0. The number of carbonyl (C=O) groups is 2. The van der Waals surface area contributed by atoms with E-state index in [2.05, 4.69) is 5.32 Å². The lowest BCUT2D eigenvalue weighted by molar-refractivity contribution is -0.176. The highest BCUT2D eigenvalue weighted by Gasteiger charge is 2.69. The first kappa shape index (κ1) is 36.5. The number of aliphatic hydroxyl groups excluding tert-OH is 3.